The molecule has 93 valence electrons. The Hall–Kier alpha value is 0.809. The fraction of sp³-hybridized carbons (Fsp3) is 0.500. The molecular weight excluding hydrogens is 493 g/mol. The van der Waals surface area contributed by atoms with Crippen molar-refractivity contribution in [3.63, 3.8) is 0 Å². The summed E-state index contributed by atoms with van der Waals surface area (Å²) in [5.74, 6) is 0. The minimum Gasteiger partial charge on any atom is -0.427 e. The second-order valence-electron chi connectivity index (χ2n) is 1.30. The van der Waals surface area contributed by atoms with Crippen LogP contribution >= 0.6 is 0 Å². The van der Waals surface area contributed by atoms with Crippen LogP contribution in [-0.2, 0) is 24.1 Å². The summed E-state index contributed by atoms with van der Waals surface area (Å²) in [5.41, 5.74) is 0. The van der Waals surface area contributed by atoms with Crippen LogP contribution in [0.15, 0.2) is 6.33 Å². The van der Waals surface area contributed by atoms with Crippen molar-refractivity contribution in [3.05, 3.63) is 6.33 Å². The number of aromatic nitrogens is 4. The van der Waals surface area contributed by atoms with Crippen LogP contribution in [0.5, 0.6) is 0 Å². The summed E-state index contributed by atoms with van der Waals surface area (Å²) in [6.07, 6.45) is 1.39. The third-order valence-corrected chi connectivity index (χ3v) is 0.451. The molecule has 0 N–H and O–H groups in total. The van der Waals surface area contributed by atoms with Crippen molar-refractivity contribution in [1.82, 2.24) is 20.2 Å². The van der Waals surface area contributed by atoms with Gasteiger partial charge in [0.25, 0.3) is 42.1 Å². The first-order chi connectivity index (χ1) is 6.36. The van der Waals surface area contributed by atoms with Crippen LogP contribution in [0.4, 0.5) is 0 Å². The summed E-state index contributed by atoms with van der Waals surface area (Å²) >= 11 is -8.03. The van der Waals surface area contributed by atoms with Crippen LogP contribution in [0.1, 0.15) is 0 Å². The van der Waals surface area contributed by atoms with E-state index >= 15 is 0 Å². The summed E-state index contributed by atoms with van der Waals surface area (Å²) in [5, 5.41) is 10.5. The number of tetrazole rings is 1. The normalized spacial score (nSPS) is 8.33. The number of hydrogen-bond acceptors (Lipinski definition) is 9. The first-order valence-corrected chi connectivity index (χ1v) is 7.77. The molecule has 13 heteroatoms. The molecule has 0 spiro atoms. The summed E-state index contributed by atoms with van der Waals surface area (Å²) in [6.45, 7) is 0. The van der Waals surface area contributed by atoms with E-state index in [9.17, 15) is 0 Å². The molecular formula is C2H4CuI2N4O6. The molecule has 1 heterocycles. The standard InChI is InChI=1S/C2H4N4.Cu.2IO3/c1-6-4-2-3-5-6;;2*2-1(3)4/h2H,1H3;;;/q;+2;2*-1. The van der Waals surface area contributed by atoms with Gasteiger partial charge in [0.2, 0.25) is 0 Å². The van der Waals surface area contributed by atoms with Gasteiger partial charge < -0.3 is 20.6 Å². The molecule has 10 nitrogen and oxygen atoms in total. The molecule has 0 aliphatic heterocycles. The maximum absolute atomic E-state index is 8.57. The average molecular weight is 497 g/mol. The zero-order valence-electron chi connectivity index (χ0n) is 6.87. The first-order valence-electron chi connectivity index (χ1n) is 2.49. The molecule has 0 unspecified atom stereocenters. The minimum atomic E-state index is -4.01. The number of aryl methyl sites for hydroxylation is 1. The maximum Gasteiger partial charge on any atom is 2.00 e. The molecule has 1 radical (unpaired) electrons. The van der Waals surface area contributed by atoms with Gasteiger partial charge in [0.1, 0.15) is 0 Å². The molecule has 0 amide bonds. The number of halogens is 2. The molecule has 1 aromatic rings. The molecule has 0 aliphatic carbocycles. The Morgan fingerprint density at radius 1 is 1.00 bits per heavy atom. The molecule has 0 bridgehead atoms. The van der Waals surface area contributed by atoms with Crippen LogP contribution in [0.3, 0.4) is 0 Å². The molecule has 0 aromatic carbocycles. The number of rotatable bonds is 0. The zero-order chi connectivity index (χ0) is 11.6. The Kier molecular flexibility index (Phi) is 20.9. The van der Waals surface area contributed by atoms with Crippen LogP contribution in [0.2, 0.25) is 0 Å². The quantitative estimate of drug-likeness (QED) is 0.248. The van der Waals surface area contributed by atoms with Crippen molar-refractivity contribution >= 4 is 0 Å². The number of nitrogens with zero attached hydrogens (tertiary/aromatic N) is 4. The summed E-state index contributed by atoms with van der Waals surface area (Å²) in [7, 11) is 1.72. The topological polar surface area (TPSA) is 182 Å². The van der Waals surface area contributed by atoms with Gasteiger partial charge in [-0.15, -0.1) is 10.2 Å². The van der Waals surface area contributed by atoms with E-state index in [1.54, 1.807) is 7.05 Å². The Balaban J connectivity index is -0.000000145. The van der Waals surface area contributed by atoms with E-state index in [0.29, 0.717) is 0 Å². The second kappa shape index (κ2) is 14.8. The van der Waals surface area contributed by atoms with Gasteiger partial charge in [0.15, 0.2) is 6.33 Å². The first kappa shape index (κ1) is 21.1. The van der Waals surface area contributed by atoms with Crippen LogP contribution in [-0.4, -0.2) is 20.2 Å². The molecule has 1 aromatic heterocycles. The van der Waals surface area contributed by atoms with Crippen molar-refractivity contribution < 1.29 is 79.8 Å². The van der Waals surface area contributed by atoms with Gasteiger partial charge in [-0.05, 0) is 5.21 Å². The van der Waals surface area contributed by atoms with Gasteiger partial charge in [-0.3, -0.25) is 0 Å². The SMILES string of the molecule is Cn1ncnn1.[Cu+2].[O-][I+2]([O-])[O-].[O-][I+2]([O-])[O-]. The smallest absolute Gasteiger partial charge is 0.427 e. The predicted molar refractivity (Wildman–Crippen MR) is 18.8 cm³/mol. The van der Waals surface area contributed by atoms with Gasteiger partial charge in [0.05, 0.1) is 7.05 Å². The molecule has 0 saturated heterocycles. The molecule has 1 rings (SSSR count). The average Bonchev–Trinajstić information content (AvgIpc) is 2.36. The Morgan fingerprint density at radius 3 is 1.40 bits per heavy atom. The third kappa shape index (κ3) is 39.8. The van der Waals surface area contributed by atoms with E-state index in [-0.39, 0.29) is 17.1 Å². The maximum atomic E-state index is 8.57. The molecule has 0 fully saturated rings. The Labute approximate surface area is 112 Å². The fourth-order valence-corrected chi connectivity index (χ4v) is 0.219. The van der Waals surface area contributed by atoms with Gasteiger partial charge in [-0.25, -0.2) is 0 Å². The van der Waals surface area contributed by atoms with Crippen LogP contribution in [0.25, 0.3) is 0 Å². The zero-order valence-corrected chi connectivity index (χ0v) is 12.1. The summed E-state index contributed by atoms with van der Waals surface area (Å²) in [6, 6.07) is 0. The molecule has 0 saturated carbocycles. The summed E-state index contributed by atoms with van der Waals surface area (Å²) < 4.78 is 51.4. The van der Waals surface area contributed by atoms with Crippen molar-refractivity contribution in [2.24, 2.45) is 7.05 Å². The van der Waals surface area contributed by atoms with E-state index in [0.717, 1.165) is 0 Å². The largest absolute Gasteiger partial charge is 2.00 e. The van der Waals surface area contributed by atoms with E-state index in [1.165, 1.54) is 11.1 Å². The van der Waals surface area contributed by atoms with Crippen molar-refractivity contribution in [3.8, 4) is 0 Å². The van der Waals surface area contributed by atoms with Gasteiger partial charge in [-0.2, -0.15) is 4.80 Å². The van der Waals surface area contributed by atoms with Crippen molar-refractivity contribution in [2.75, 3.05) is 0 Å². The Bertz CT molecular complexity index is 188. The minimum absolute atomic E-state index is 0. The van der Waals surface area contributed by atoms with E-state index in [4.69, 9.17) is 20.6 Å². The van der Waals surface area contributed by atoms with Gasteiger partial charge in [-0.1, -0.05) is 0 Å². The van der Waals surface area contributed by atoms with Crippen LogP contribution in [0, 0.1) is 0 Å². The van der Waals surface area contributed by atoms with Crippen LogP contribution < -0.4 is 62.7 Å². The van der Waals surface area contributed by atoms with Gasteiger partial charge >= 0.3 is 17.1 Å². The third-order valence-electron chi connectivity index (χ3n) is 0.451. The van der Waals surface area contributed by atoms with Crippen molar-refractivity contribution in [2.45, 2.75) is 0 Å². The molecule has 0 aliphatic rings. The number of hydrogen-bond donors (Lipinski definition) is 0. The van der Waals surface area contributed by atoms with E-state index in [1.807, 2.05) is 0 Å². The molecule has 15 heavy (non-hydrogen) atoms. The summed E-state index contributed by atoms with van der Waals surface area (Å²) in [4.78, 5) is 1.39. The van der Waals surface area contributed by atoms with E-state index in [2.05, 4.69) is 15.4 Å². The Morgan fingerprint density at radius 2 is 1.33 bits per heavy atom. The van der Waals surface area contributed by atoms with Gasteiger partial charge in [0, 0.05) is 0 Å². The predicted octanol–water partition coefficient (Wildman–Crippen LogP) is -13.9. The van der Waals surface area contributed by atoms with E-state index < -0.39 is 42.1 Å². The monoisotopic (exact) mass is 497 g/mol. The fourth-order valence-electron chi connectivity index (χ4n) is 0.219. The second-order valence-corrected chi connectivity index (χ2v) is 3.46. The molecule has 0 atom stereocenters. The van der Waals surface area contributed by atoms with Crippen molar-refractivity contribution in [1.29, 1.82) is 0 Å².